The van der Waals surface area contributed by atoms with Crippen molar-refractivity contribution in [2.45, 2.75) is 25.3 Å². The maximum absolute atomic E-state index is 12.3. The topological polar surface area (TPSA) is 105 Å². The summed E-state index contributed by atoms with van der Waals surface area (Å²) in [5, 5.41) is 8.31. The highest BCUT2D eigenvalue weighted by Crippen LogP contribution is 2.18. The second kappa shape index (κ2) is 7.77. The van der Waals surface area contributed by atoms with Crippen LogP contribution < -0.4 is 15.2 Å². The minimum atomic E-state index is -3.65. The number of likely N-dealkylation sites (tertiary alicyclic amines) is 1. The lowest BCUT2D eigenvalue weighted by atomic mass is 9.98. The van der Waals surface area contributed by atoms with E-state index < -0.39 is 10.2 Å². The quantitative estimate of drug-likeness (QED) is 0.604. The van der Waals surface area contributed by atoms with E-state index in [1.807, 2.05) is 16.7 Å². The molecule has 9 heteroatoms. The van der Waals surface area contributed by atoms with E-state index >= 15 is 0 Å². The van der Waals surface area contributed by atoms with Crippen LogP contribution in [0.3, 0.4) is 0 Å². The van der Waals surface area contributed by atoms with Gasteiger partial charge in [-0.05, 0) is 18.8 Å². The highest BCUT2D eigenvalue weighted by Gasteiger charge is 2.26. The molecule has 2 rings (SSSR count). The Balaban J connectivity index is 1.78. The van der Waals surface area contributed by atoms with Crippen LogP contribution in [0.2, 0.25) is 0 Å². The van der Waals surface area contributed by atoms with Crippen molar-refractivity contribution in [2.24, 2.45) is 11.1 Å². The lowest BCUT2D eigenvalue weighted by Gasteiger charge is -2.34. The van der Waals surface area contributed by atoms with Crippen LogP contribution >= 0.6 is 11.8 Å². The van der Waals surface area contributed by atoms with E-state index in [0.717, 1.165) is 37.4 Å². The van der Waals surface area contributed by atoms with Gasteiger partial charge in [0.1, 0.15) is 0 Å². The van der Waals surface area contributed by atoms with Crippen molar-refractivity contribution in [2.75, 3.05) is 37.7 Å². The average molecular weight is 336 g/mol. The van der Waals surface area contributed by atoms with Crippen LogP contribution in [0.15, 0.2) is 0 Å². The SMILES string of the molecule is NS(=O)(=O)NCC1CCCN(C(=O)CC2CSCCN2)C1. The number of thioether (sulfide) groups is 1. The fraction of sp³-hybridized carbons (Fsp3) is 0.917. The molecule has 0 bridgehead atoms. The van der Waals surface area contributed by atoms with Gasteiger partial charge in [-0.1, -0.05) is 0 Å². The van der Waals surface area contributed by atoms with Gasteiger partial charge in [-0.3, -0.25) is 4.79 Å². The third kappa shape index (κ3) is 6.11. The van der Waals surface area contributed by atoms with Crippen LogP contribution in [-0.4, -0.2) is 63.0 Å². The number of rotatable bonds is 5. The second-order valence-corrected chi connectivity index (χ2v) is 8.20. The third-order valence-corrected chi connectivity index (χ3v) is 5.56. The van der Waals surface area contributed by atoms with Gasteiger partial charge in [-0.25, -0.2) is 9.86 Å². The smallest absolute Gasteiger partial charge is 0.274 e. The molecule has 2 atom stereocenters. The molecule has 1 amide bonds. The van der Waals surface area contributed by atoms with Gasteiger partial charge >= 0.3 is 0 Å². The van der Waals surface area contributed by atoms with Crippen molar-refractivity contribution in [1.82, 2.24) is 14.9 Å². The molecule has 4 N–H and O–H groups in total. The Kier molecular flexibility index (Phi) is 6.30. The zero-order chi connectivity index (χ0) is 15.3. The highest BCUT2D eigenvalue weighted by molar-refractivity contribution is 7.99. The molecular formula is C12H24N4O3S2. The molecule has 2 aliphatic heterocycles. The van der Waals surface area contributed by atoms with Crippen molar-refractivity contribution >= 4 is 27.9 Å². The summed E-state index contributed by atoms with van der Waals surface area (Å²) in [7, 11) is -3.65. The minimum Gasteiger partial charge on any atom is -0.342 e. The number of nitrogens with zero attached hydrogens (tertiary/aromatic N) is 1. The lowest BCUT2D eigenvalue weighted by Crippen LogP contribution is -2.47. The monoisotopic (exact) mass is 336 g/mol. The van der Waals surface area contributed by atoms with E-state index in [1.54, 1.807) is 0 Å². The molecule has 0 radical (unpaired) electrons. The number of carbonyl (C=O) groups excluding carboxylic acids is 1. The van der Waals surface area contributed by atoms with E-state index in [0.29, 0.717) is 19.5 Å². The summed E-state index contributed by atoms with van der Waals surface area (Å²) in [5.74, 6) is 2.40. The third-order valence-electron chi connectivity index (χ3n) is 3.86. The van der Waals surface area contributed by atoms with Crippen LogP contribution in [0.1, 0.15) is 19.3 Å². The van der Waals surface area contributed by atoms with Gasteiger partial charge < -0.3 is 10.2 Å². The van der Waals surface area contributed by atoms with E-state index in [1.165, 1.54) is 0 Å². The summed E-state index contributed by atoms with van der Waals surface area (Å²) in [6.07, 6.45) is 2.36. The minimum absolute atomic E-state index is 0.148. The maximum atomic E-state index is 12.3. The molecule has 2 heterocycles. The standard InChI is InChI=1S/C12H24N4O3S2/c13-21(18,19)15-7-10-2-1-4-16(8-10)12(17)6-11-9-20-5-3-14-11/h10-11,14-15H,1-9H2,(H2,13,18,19). The number of nitrogens with two attached hydrogens (primary N) is 1. The fourth-order valence-electron chi connectivity index (χ4n) is 2.78. The zero-order valence-electron chi connectivity index (χ0n) is 12.1. The molecule has 0 saturated carbocycles. The number of piperidine rings is 1. The molecule has 2 saturated heterocycles. The molecule has 21 heavy (non-hydrogen) atoms. The fourth-order valence-corrected chi connectivity index (χ4v) is 4.20. The van der Waals surface area contributed by atoms with Crippen LogP contribution in [0.4, 0.5) is 0 Å². The van der Waals surface area contributed by atoms with E-state index in [4.69, 9.17) is 5.14 Å². The van der Waals surface area contributed by atoms with Gasteiger partial charge in [-0.15, -0.1) is 0 Å². The van der Waals surface area contributed by atoms with E-state index in [9.17, 15) is 13.2 Å². The molecule has 2 fully saturated rings. The van der Waals surface area contributed by atoms with Crippen LogP contribution in [0.5, 0.6) is 0 Å². The number of carbonyl (C=O) groups is 1. The summed E-state index contributed by atoms with van der Waals surface area (Å²) in [5.41, 5.74) is 0. The largest absolute Gasteiger partial charge is 0.342 e. The van der Waals surface area contributed by atoms with Gasteiger partial charge in [0.2, 0.25) is 5.91 Å². The first-order valence-electron chi connectivity index (χ1n) is 7.30. The van der Waals surface area contributed by atoms with E-state index in [-0.39, 0.29) is 17.9 Å². The van der Waals surface area contributed by atoms with Crippen molar-refractivity contribution in [1.29, 1.82) is 0 Å². The summed E-state index contributed by atoms with van der Waals surface area (Å²) in [4.78, 5) is 14.2. The Morgan fingerprint density at radius 1 is 1.48 bits per heavy atom. The van der Waals surface area contributed by atoms with Gasteiger partial charge in [-0.2, -0.15) is 20.2 Å². The molecular weight excluding hydrogens is 312 g/mol. The van der Waals surface area contributed by atoms with Crippen molar-refractivity contribution < 1.29 is 13.2 Å². The van der Waals surface area contributed by atoms with Gasteiger partial charge in [0.25, 0.3) is 10.2 Å². The Morgan fingerprint density at radius 3 is 2.95 bits per heavy atom. The number of hydrogen-bond acceptors (Lipinski definition) is 5. The lowest BCUT2D eigenvalue weighted by molar-refractivity contribution is -0.133. The first-order chi connectivity index (χ1) is 9.94. The second-order valence-electron chi connectivity index (χ2n) is 5.67. The first kappa shape index (κ1) is 17.0. The molecule has 0 aromatic carbocycles. The highest BCUT2D eigenvalue weighted by atomic mass is 32.2. The molecule has 0 aliphatic carbocycles. The Hall–Kier alpha value is -0.350. The zero-order valence-corrected chi connectivity index (χ0v) is 13.7. The predicted molar refractivity (Wildman–Crippen MR) is 84.1 cm³/mol. The van der Waals surface area contributed by atoms with Crippen molar-refractivity contribution in [3.63, 3.8) is 0 Å². The first-order valence-corrected chi connectivity index (χ1v) is 10.0. The molecule has 0 aromatic rings. The van der Waals surface area contributed by atoms with Gasteiger partial charge in [0.15, 0.2) is 0 Å². The Bertz CT molecular complexity index is 451. The molecule has 2 aliphatic rings. The van der Waals surface area contributed by atoms with Crippen LogP contribution in [-0.2, 0) is 15.0 Å². The normalized spacial score (nSPS) is 27.6. The summed E-state index contributed by atoms with van der Waals surface area (Å²) >= 11 is 1.88. The number of nitrogens with one attached hydrogen (secondary N) is 2. The average Bonchev–Trinajstić information content (AvgIpc) is 2.46. The van der Waals surface area contributed by atoms with Crippen molar-refractivity contribution in [3.8, 4) is 0 Å². The van der Waals surface area contributed by atoms with Crippen molar-refractivity contribution in [3.05, 3.63) is 0 Å². The molecule has 0 aromatic heterocycles. The molecule has 2 unspecified atom stereocenters. The van der Waals surface area contributed by atoms with Gasteiger partial charge in [0, 0.05) is 50.1 Å². The summed E-state index contributed by atoms with van der Waals surface area (Å²) in [6, 6.07) is 0.263. The van der Waals surface area contributed by atoms with Crippen LogP contribution in [0.25, 0.3) is 0 Å². The number of amides is 1. The number of hydrogen-bond donors (Lipinski definition) is 3. The summed E-state index contributed by atoms with van der Waals surface area (Å²) in [6.45, 7) is 2.65. The Labute approximate surface area is 130 Å². The predicted octanol–water partition coefficient (Wildman–Crippen LogP) is -0.887. The van der Waals surface area contributed by atoms with Gasteiger partial charge in [0.05, 0.1) is 0 Å². The molecule has 7 nitrogen and oxygen atoms in total. The maximum Gasteiger partial charge on any atom is 0.274 e. The van der Waals surface area contributed by atoms with Crippen LogP contribution in [0, 0.1) is 5.92 Å². The van der Waals surface area contributed by atoms with E-state index in [2.05, 4.69) is 10.0 Å². The summed E-state index contributed by atoms with van der Waals surface area (Å²) < 4.78 is 24.2. The molecule has 122 valence electrons. The Morgan fingerprint density at radius 2 is 2.29 bits per heavy atom. The molecule has 0 spiro atoms.